The largest absolute Gasteiger partial charge is 0.493 e. The number of hydrogen-bond donors (Lipinski definition) is 2. The molecule has 1 rings (SSSR count). The molecule has 0 radical (unpaired) electrons. The Morgan fingerprint density at radius 1 is 1.45 bits per heavy atom. The Kier molecular flexibility index (Phi) is 5.09. The van der Waals surface area contributed by atoms with Crippen molar-refractivity contribution in [1.82, 2.24) is 0 Å². The Balaban J connectivity index is 3.50. The van der Waals surface area contributed by atoms with Gasteiger partial charge in [-0.25, -0.2) is 0 Å². The van der Waals surface area contributed by atoms with Crippen LogP contribution in [-0.2, 0) is 0 Å². The lowest BCUT2D eigenvalue weighted by Gasteiger charge is -2.11. The van der Waals surface area contributed by atoms with Gasteiger partial charge in [-0.05, 0) is 0 Å². The van der Waals surface area contributed by atoms with Gasteiger partial charge in [-0.2, -0.15) is 5.10 Å². The van der Waals surface area contributed by atoms with Crippen LogP contribution in [0.3, 0.4) is 0 Å². The van der Waals surface area contributed by atoms with Crippen LogP contribution < -0.4 is 20.9 Å². The highest BCUT2D eigenvalue weighted by Gasteiger charge is 2.24. The first-order valence-corrected chi connectivity index (χ1v) is 5.51. The second-order valence-corrected chi connectivity index (χ2v) is 3.76. The fourth-order valence-corrected chi connectivity index (χ4v) is 1.70. The minimum Gasteiger partial charge on any atom is -0.493 e. The van der Waals surface area contributed by atoms with Gasteiger partial charge in [-0.1, -0.05) is 11.6 Å². The molecule has 0 amide bonds. The number of nitro benzene ring substituents is 1. The summed E-state index contributed by atoms with van der Waals surface area (Å²) in [4.78, 5) is 10.4. The zero-order chi connectivity index (χ0) is 15.3. The molecule has 0 aliphatic heterocycles. The van der Waals surface area contributed by atoms with E-state index in [1.54, 1.807) is 0 Å². The molecule has 4 N–H and O–H groups in total. The molecular formula is C10H12ClN5O4. The van der Waals surface area contributed by atoms with Gasteiger partial charge in [-0.15, -0.1) is 5.10 Å². The Hall–Kier alpha value is -2.55. The van der Waals surface area contributed by atoms with E-state index in [4.69, 9.17) is 32.5 Å². The second kappa shape index (κ2) is 6.57. The van der Waals surface area contributed by atoms with Crippen molar-refractivity contribution in [2.75, 3.05) is 14.2 Å². The summed E-state index contributed by atoms with van der Waals surface area (Å²) in [6.45, 7) is 0. The highest BCUT2D eigenvalue weighted by Crippen LogP contribution is 2.41. The fourth-order valence-electron chi connectivity index (χ4n) is 1.38. The summed E-state index contributed by atoms with van der Waals surface area (Å²) in [6, 6.07) is 1.17. The molecule has 0 bridgehead atoms. The number of halogens is 1. The lowest BCUT2D eigenvalue weighted by atomic mass is 10.1. The van der Waals surface area contributed by atoms with Crippen LogP contribution in [0.5, 0.6) is 11.5 Å². The van der Waals surface area contributed by atoms with Gasteiger partial charge in [0.15, 0.2) is 11.5 Å². The van der Waals surface area contributed by atoms with E-state index in [2.05, 4.69) is 10.2 Å². The quantitative estimate of drug-likeness (QED) is 0.358. The summed E-state index contributed by atoms with van der Waals surface area (Å²) in [5.74, 6) is -0.0189. The van der Waals surface area contributed by atoms with Gasteiger partial charge < -0.3 is 20.9 Å². The molecule has 0 atom stereocenters. The van der Waals surface area contributed by atoms with Gasteiger partial charge in [0.25, 0.3) is 5.69 Å². The zero-order valence-corrected chi connectivity index (χ0v) is 11.4. The maximum absolute atomic E-state index is 11.0. The normalized spacial score (nSPS) is 10.3. The van der Waals surface area contributed by atoms with Crippen molar-refractivity contribution in [3.8, 4) is 11.5 Å². The molecule has 0 aromatic heterocycles. The molecule has 0 heterocycles. The van der Waals surface area contributed by atoms with Crippen molar-refractivity contribution < 1.29 is 14.4 Å². The first kappa shape index (κ1) is 15.5. The number of nitro groups is 1. The molecule has 0 spiro atoms. The summed E-state index contributed by atoms with van der Waals surface area (Å²) in [5, 5.41) is 17.9. The van der Waals surface area contributed by atoms with Crippen molar-refractivity contribution in [1.29, 1.82) is 0 Å². The van der Waals surface area contributed by atoms with Crippen LogP contribution in [0.1, 0.15) is 5.56 Å². The van der Waals surface area contributed by atoms with E-state index in [9.17, 15) is 10.1 Å². The topological polar surface area (TPSA) is 138 Å². The molecule has 1 aromatic rings. The molecule has 20 heavy (non-hydrogen) atoms. The van der Waals surface area contributed by atoms with Crippen LogP contribution in [0.15, 0.2) is 16.3 Å². The Bertz CT molecular complexity index is 584. The molecule has 0 unspecified atom stereocenters. The standard InChI is InChI=1S/C10H12ClN5O4/c1-19-7-3-6(16(17)18)5(4-14-15-10(12)13)8(11)9(7)20-2/h3-4H,1-2H3,(H4,12,13,15)/b14-4+. The minimum atomic E-state index is -0.634. The summed E-state index contributed by atoms with van der Waals surface area (Å²) >= 11 is 6.05. The zero-order valence-electron chi connectivity index (χ0n) is 10.7. The van der Waals surface area contributed by atoms with Crippen molar-refractivity contribution in [2.45, 2.75) is 0 Å². The monoisotopic (exact) mass is 301 g/mol. The molecule has 0 aliphatic rings. The fraction of sp³-hybridized carbons (Fsp3) is 0.200. The Morgan fingerprint density at radius 3 is 2.55 bits per heavy atom. The number of nitrogens with two attached hydrogens (primary N) is 2. The van der Waals surface area contributed by atoms with Crippen molar-refractivity contribution in [2.24, 2.45) is 21.7 Å². The van der Waals surface area contributed by atoms with Crippen LogP contribution in [0.25, 0.3) is 0 Å². The summed E-state index contributed by atoms with van der Waals surface area (Å²) in [7, 11) is 2.69. The number of guanidine groups is 1. The number of ether oxygens (including phenoxy) is 2. The number of benzene rings is 1. The Morgan fingerprint density at radius 2 is 2.10 bits per heavy atom. The van der Waals surface area contributed by atoms with Crippen LogP contribution in [-0.4, -0.2) is 31.3 Å². The molecular weight excluding hydrogens is 290 g/mol. The molecule has 1 aromatic carbocycles. The minimum absolute atomic E-state index is 0.000633. The van der Waals surface area contributed by atoms with Gasteiger partial charge in [0.2, 0.25) is 5.96 Å². The highest BCUT2D eigenvalue weighted by atomic mass is 35.5. The maximum Gasteiger partial charge on any atom is 0.283 e. The van der Waals surface area contributed by atoms with Gasteiger partial charge in [0.1, 0.15) is 5.02 Å². The maximum atomic E-state index is 11.0. The summed E-state index contributed by atoms with van der Waals surface area (Å²) in [5.41, 5.74) is 9.88. The number of hydrogen-bond acceptors (Lipinski definition) is 6. The lowest BCUT2D eigenvalue weighted by molar-refractivity contribution is -0.385. The SMILES string of the molecule is COc1cc([N+](=O)[O-])c(/C=N/N=C(N)N)c(Cl)c1OC. The van der Waals surface area contributed by atoms with E-state index in [0.29, 0.717) is 0 Å². The van der Waals surface area contributed by atoms with E-state index < -0.39 is 4.92 Å². The third-order valence-corrected chi connectivity index (χ3v) is 2.56. The lowest BCUT2D eigenvalue weighted by Crippen LogP contribution is -2.21. The molecule has 10 heteroatoms. The van der Waals surface area contributed by atoms with Crippen LogP contribution in [0.4, 0.5) is 5.69 Å². The molecule has 108 valence electrons. The van der Waals surface area contributed by atoms with Crippen molar-refractivity contribution in [3.63, 3.8) is 0 Å². The summed E-state index contributed by atoms with van der Waals surface area (Å²) < 4.78 is 10.0. The van der Waals surface area contributed by atoms with Crippen molar-refractivity contribution >= 4 is 29.5 Å². The average molecular weight is 302 g/mol. The molecule has 0 saturated heterocycles. The third-order valence-electron chi connectivity index (χ3n) is 2.18. The van der Waals surface area contributed by atoms with Gasteiger partial charge in [-0.3, -0.25) is 10.1 Å². The third kappa shape index (κ3) is 3.26. The van der Waals surface area contributed by atoms with E-state index >= 15 is 0 Å². The molecule has 0 aliphatic carbocycles. The first-order valence-electron chi connectivity index (χ1n) is 5.13. The van der Waals surface area contributed by atoms with Crippen LogP contribution in [0.2, 0.25) is 5.02 Å². The van der Waals surface area contributed by atoms with Crippen molar-refractivity contribution in [3.05, 3.63) is 26.8 Å². The summed E-state index contributed by atoms with van der Waals surface area (Å²) in [6.07, 6.45) is 1.06. The molecule has 9 nitrogen and oxygen atoms in total. The predicted molar refractivity (Wildman–Crippen MR) is 74.6 cm³/mol. The van der Waals surface area contributed by atoms with Crippen LogP contribution in [0, 0.1) is 10.1 Å². The number of nitrogens with zero attached hydrogens (tertiary/aromatic N) is 3. The van der Waals surface area contributed by atoms with E-state index in [1.807, 2.05) is 0 Å². The molecule has 0 saturated carbocycles. The van der Waals surface area contributed by atoms with E-state index in [0.717, 1.165) is 6.21 Å². The van der Waals surface area contributed by atoms with Crippen LogP contribution >= 0.6 is 11.6 Å². The van der Waals surface area contributed by atoms with Gasteiger partial charge >= 0.3 is 0 Å². The van der Waals surface area contributed by atoms with Gasteiger partial charge in [0, 0.05) is 0 Å². The van der Waals surface area contributed by atoms with E-state index in [1.165, 1.54) is 20.3 Å². The number of methoxy groups -OCH3 is 2. The van der Waals surface area contributed by atoms with Gasteiger partial charge in [0.05, 0.1) is 37.0 Å². The highest BCUT2D eigenvalue weighted by molar-refractivity contribution is 6.35. The Labute approximate surface area is 119 Å². The number of rotatable bonds is 5. The predicted octanol–water partition coefficient (Wildman–Crippen LogP) is 0.873. The smallest absolute Gasteiger partial charge is 0.283 e. The average Bonchev–Trinajstić information content (AvgIpc) is 2.39. The second-order valence-electron chi connectivity index (χ2n) is 3.39. The molecule has 0 fully saturated rings. The van der Waals surface area contributed by atoms with E-state index in [-0.39, 0.29) is 33.7 Å². The first-order chi connectivity index (χ1) is 9.42.